The van der Waals surface area contributed by atoms with Crippen molar-refractivity contribution in [3.63, 3.8) is 0 Å². The Morgan fingerprint density at radius 3 is 1.37 bits per heavy atom. The van der Waals surface area contributed by atoms with Crippen molar-refractivity contribution in [3.8, 4) is 33.6 Å². The predicted molar refractivity (Wildman–Crippen MR) is 401 cm³/mol. The van der Waals surface area contributed by atoms with Crippen LogP contribution in [0.1, 0.15) is 90.1 Å². The highest BCUT2D eigenvalue weighted by Crippen LogP contribution is 2.52. The van der Waals surface area contributed by atoms with Crippen molar-refractivity contribution in [1.82, 2.24) is 0 Å². The van der Waals surface area contributed by atoms with Gasteiger partial charge in [0.1, 0.15) is 11.3 Å². The fraction of sp³-hybridized carbons (Fsp3) is 0.159. The van der Waals surface area contributed by atoms with E-state index in [4.69, 9.17) is 4.42 Å². The molecule has 0 amide bonds. The third kappa shape index (κ3) is 10.8. The molecule has 0 spiro atoms. The minimum Gasteiger partial charge on any atom is -0.456 e. The molecule has 0 radical (unpaired) electrons. The van der Waals surface area contributed by atoms with Crippen LogP contribution in [0.2, 0.25) is 0 Å². The lowest BCUT2D eigenvalue weighted by Gasteiger charge is -2.46. The standard InChI is InChI=1S/C88H79BN4O/c1-58-25-23-26-59(2)85(58)93-79-55-73(91(69-33-19-14-20-34-69)72-35-24-32-62(50-72)83-53-63-31-21-22-36-82(63)94-83)46-47-76(79)89-77-54-68(88(9,10)11)41-48-78(77)92(74-51-64(60-27-15-12-16-28-60)49-65(52-74)61-29-17-13-18-30-61)80-56-75(57-81(93)84(80)89)90(70-42-37-66(38-43-70)86(3,4)5)71-44-39-67(40-45-71)87(6,7)8/h12-57H,1-11H3. The molecule has 12 aromatic carbocycles. The van der Waals surface area contributed by atoms with Gasteiger partial charge < -0.3 is 24.0 Å². The zero-order valence-corrected chi connectivity index (χ0v) is 55.8. The summed E-state index contributed by atoms with van der Waals surface area (Å²) in [6.07, 6.45) is 0. The molecule has 0 bridgehead atoms. The first-order valence-corrected chi connectivity index (χ1v) is 33.2. The van der Waals surface area contributed by atoms with E-state index in [1.807, 2.05) is 12.1 Å². The van der Waals surface area contributed by atoms with Crippen molar-refractivity contribution in [2.45, 2.75) is 92.4 Å². The molecule has 1 aromatic heterocycles. The first kappa shape index (κ1) is 59.7. The summed E-state index contributed by atoms with van der Waals surface area (Å²) < 4.78 is 6.57. The summed E-state index contributed by atoms with van der Waals surface area (Å²) in [6, 6.07) is 104. The number of nitrogens with zero attached hydrogens (tertiary/aromatic N) is 4. The van der Waals surface area contributed by atoms with Crippen molar-refractivity contribution in [1.29, 1.82) is 0 Å². The van der Waals surface area contributed by atoms with Gasteiger partial charge >= 0.3 is 0 Å². The summed E-state index contributed by atoms with van der Waals surface area (Å²) in [6.45, 7) is 25.2. The van der Waals surface area contributed by atoms with Gasteiger partial charge in [0.05, 0.1) is 11.4 Å². The molecule has 2 aliphatic heterocycles. The second kappa shape index (κ2) is 23.2. The van der Waals surface area contributed by atoms with Gasteiger partial charge in [-0.25, -0.2) is 0 Å². The first-order valence-electron chi connectivity index (χ1n) is 33.2. The van der Waals surface area contributed by atoms with Crippen LogP contribution in [0.3, 0.4) is 0 Å². The number of aryl methyl sites for hydroxylation is 2. The van der Waals surface area contributed by atoms with Gasteiger partial charge in [0.15, 0.2) is 0 Å². The predicted octanol–water partition coefficient (Wildman–Crippen LogP) is 23.0. The van der Waals surface area contributed by atoms with E-state index >= 15 is 0 Å². The van der Waals surface area contributed by atoms with E-state index in [0.717, 1.165) is 113 Å². The first-order chi connectivity index (χ1) is 45.3. The van der Waals surface area contributed by atoms with Crippen molar-refractivity contribution in [3.05, 3.63) is 307 Å². The molecule has 0 atom stereocenters. The number of hydrogen-bond donors (Lipinski definition) is 0. The molecule has 0 saturated carbocycles. The zero-order chi connectivity index (χ0) is 64.8. The lowest BCUT2D eigenvalue weighted by atomic mass is 9.33. The van der Waals surface area contributed by atoms with Gasteiger partial charge in [-0.1, -0.05) is 232 Å². The summed E-state index contributed by atoms with van der Waals surface area (Å²) in [4.78, 5) is 10.1. The Labute approximate surface area is 555 Å². The number of furan rings is 1. The Balaban J connectivity index is 1.05. The molecule has 0 fully saturated rings. The van der Waals surface area contributed by atoms with E-state index in [0.29, 0.717) is 0 Å². The van der Waals surface area contributed by atoms with Gasteiger partial charge in [-0.05, 0) is 206 Å². The molecule has 15 rings (SSSR count). The molecule has 6 heteroatoms. The largest absolute Gasteiger partial charge is 0.456 e. The van der Waals surface area contributed by atoms with Gasteiger partial charge in [-0.3, -0.25) is 0 Å². The topological polar surface area (TPSA) is 26.1 Å². The molecule has 0 saturated heterocycles. The SMILES string of the molecule is Cc1cccc(C)c1N1c2cc(N(c3ccccc3)c3cccc(-c4cc5ccccc5o4)c3)ccc2B2c3cc(C(C)(C)C)ccc3N(c3cc(-c4ccccc4)cc(-c4ccccc4)c3)c3cc(N(c4ccc(C(C)(C)C)cc4)c4ccc(C(C)(C)C)cc4)cc1c32. The van der Waals surface area contributed by atoms with Crippen LogP contribution in [0.4, 0.5) is 68.2 Å². The van der Waals surface area contributed by atoms with Gasteiger partial charge in [0, 0.05) is 67.8 Å². The maximum Gasteiger partial charge on any atom is 0.252 e. The fourth-order valence-corrected chi connectivity index (χ4v) is 14.3. The lowest BCUT2D eigenvalue weighted by Crippen LogP contribution is -2.61. The van der Waals surface area contributed by atoms with Crippen molar-refractivity contribution in [2.24, 2.45) is 0 Å². The van der Waals surface area contributed by atoms with E-state index in [1.165, 1.54) is 44.2 Å². The third-order valence-corrected chi connectivity index (χ3v) is 19.3. The minimum absolute atomic E-state index is 0.0397. The maximum absolute atomic E-state index is 6.57. The Morgan fingerprint density at radius 2 is 0.787 bits per heavy atom. The summed E-state index contributed by atoms with van der Waals surface area (Å²) >= 11 is 0. The molecule has 13 aromatic rings. The molecular formula is C88H79BN4O. The number of benzene rings is 12. The second-order valence-electron chi connectivity index (χ2n) is 28.8. The highest BCUT2D eigenvalue weighted by molar-refractivity contribution is 7.00. The minimum atomic E-state index is -0.185. The summed E-state index contributed by atoms with van der Waals surface area (Å²) in [5, 5.41) is 1.08. The molecule has 460 valence electrons. The van der Waals surface area contributed by atoms with Crippen molar-refractivity contribution in [2.75, 3.05) is 19.6 Å². The number of hydrogen-bond acceptors (Lipinski definition) is 5. The summed E-state index contributed by atoms with van der Waals surface area (Å²) in [5.41, 5.74) is 29.3. The van der Waals surface area contributed by atoms with Crippen LogP contribution < -0.4 is 36.0 Å². The monoisotopic (exact) mass is 1220 g/mol. The average molecular weight is 1220 g/mol. The maximum atomic E-state index is 6.57. The molecule has 0 aliphatic carbocycles. The van der Waals surface area contributed by atoms with E-state index in [-0.39, 0.29) is 23.0 Å². The van der Waals surface area contributed by atoms with Crippen molar-refractivity contribution >= 4 is 102 Å². The molecule has 2 aliphatic rings. The fourth-order valence-electron chi connectivity index (χ4n) is 14.3. The van der Waals surface area contributed by atoms with Crippen LogP contribution in [0.5, 0.6) is 0 Å². The number of rotatable bonds is 11. The summed E-state index contributed by atoms with van der Waals surface area (Å²) in [7, 11) is 0. The number of para-hydroxylation sites is 3. The van der Waals surface area contributed by atoms with Crippen LogP contribution in [-0.4, -0.2) is 6.71 Å². The van der Waals surface area contributed by atoms with Crippen LogP contribution in [-0.2, 0) is 16.2 Å². The Morgan fingerprint density at radius 1 is 0.319 bits per heavy atom. The molecule has 3 heterocycles. The number of fused-ring (bicyclic) bond motifs is 5. The smallest absolute Gasteiger partial charge is 0.252 e. The Bertz CT molecular complexity index is 4820. The third-order valence-electron chi connectivity index (χ3n) is 19.3. The Kier molecular flexibility index (Phi) is 14.8. The van der Waals surface area contributed by atoms with E-state index < -0.39 is 0 Å². The van der Waals surface area contributed by atoms with Gasteiger partial charge in [0.25, 0.3) is 6.71 Å². The van der Waals surface area contributed by atoms with Gasteiger partial charge in [-0.2, -0.15) is 0 Å². The quantitative estimate of drug-likeness (QED) is 0.120. The van der Waals surface area contributed by atoms with Crippen LogP contribution in [0, 0.1) is 13.8 Å². The van der Waals surface area contributed by atoms with E-state index in [1.54, 1.807) is 0 Å². The molecule has 0 N–H and O–H groups in total. The van der Waals surface area contributed by atoms with Crippen molar-refractivity contribution < 1.29 is 4.42 Å². The second-order valence-corrected chi connectivity index (χ2v) is 28.8. The zero-order valence-electron chi connectivity index (χ0n) is 55.8. The van der Waals surface area contributed by atoms with Gasteiger partial charge in [0.2, 0.25) is 0 Å². The molecule has 94 heavy (non-hydrogen) atoms. The lowest BCUT2D eigenvalue weighted by molar-refractivity contribution is 0.590. The van der Waals surface area contributed by atoms with E-state index in [9.17, 15) is 0 Å². The highest BCUT2D eigenvalue weighted by atomic mass is 16.3. The van der Waals surface area contributed by atoms with E-state index in [2.05, 4.69) is 363 Å². The number of anilines is 12. The molecule has 0 unspecified atom stereocenters. The average Bonchev–Trinajstić information content (AvgIpc) is 0.750. The normalized spacial score (nSPS) is 12.8. The molecular weight excluding hydrogens is 1140 g/mol. The molecule has 5 nitrogen and oxygen atoms in total. The Hall–Kier alpha value is -10.6. The van der Waals surface area contributed by atoms with Gasteiger partial charge in [-0.15, -0.1) is 0 Å². The van der Waals surface area contributed by atoms with Crippen LogP contribution in [0.15, 0.2) is 283 Å². The highest BCUT2D eigenvalue weighted by Gasteiger charge is 2.45. The summed E-state index contributed by atoms with van der Waals surface area (Å²) in [5.74, 6) is 0.831. The van der Waals surface area contributed by atoms with Crippen LogP contribution in [0.25, 0.3) is 44.5 Å². The van der Waals surface area contributed by atoms with Crippen LogP contribution >= 0.6 is 0 Å².